The molecule has 0 amide bonds. The van der Waals surface area contributed by atoms with Gasteiger partial charge in [0.1, 0.15) is 0 Å². The van der Waals surface area contributed by atoms with Crippen molar-refractivity contribution in [3.05, 3.63) is 0 Å². The lowest BCUT2D eigenvalue weighted by atomic mass is 9.74. The van der Waals surface area contributed by atoms with Gasteiger partial charge in [0.25, 0.3) is 0 Å². The Hall–Kier alpha value is -0.0900. The van der Waals surface area contributed by atoms with E-state index in [-0.39, 0.29) is 6.04 Å². The van der Waals surface area contributed by atoms with Crippen LogP contribution in [0.5, 0.6) is 0 Å². The van der Waals surface area contributed by atoms with Gasteiger partial charge in [-0.15, -0.1) is 0 Å². The van der Waals surface area contributed by atoms with Crippen LogP contribution in [0.2, 0.25) is 0 Å². The number of rotatable bonds is 4. The van der Waals surface area contributed by atoms with E-state index in [1.54, 1.807) is 0 Å². The Kier molecular flexibility index (Phi) is 5.66. The highest BCUT2D eigenvalue weighted by molar-refractivity contribution is 7.88. The largest absolute Gasteiger partial charge is 0.213 e. The zero-order valence-electron chi connectivity index (χ0n) is 12.4. The molecule has 18 heavy (non-hydrogen) atoms. The zero-order chi connectivity index (χ0) is 13.9. The lowest BCUT2D eigenvalue weighted by Gasteiger charge is -2.32. The minimum absolute atomic E-state index is 0.135. The molecular weight excluding hydrogens is 246 g/mol. The van der Waals surface area contributed by atoms with Crippen molar-refractivity contribution in [2.75, 3.05) is 6.26 Å². The minimum atomic E-state index is -3.08. The highest BCUT2D eigenvalue weighted by atomic mass is 32.2. The fourth-order valence-corrected chi connectivity index (χ4v) is 4.26. The third kappa shape index (κ3) is 4.88. The quantitative estimate of drug-likeness (QED) is 0.802. The molecule has 1 rings (SSSR count). The summed E-state index contributed by atoms with van der Waals surface area (Å²) >= 11 is 0. The summed E-state index contributed by atoms with van der Waals surface area (Å²) in [6.45, 7) is 9.13. The van der Waals surface area contributed by atoms with Crippen molar-refractivity contribution >= 4 is 10.0 Å². The molecule has 3 nitrogen and oxygen atoms in total. The Morgan fingerprint density at radius 2 is 1.56 bits per heavy atom. The second kappa shape index (κ2) is 6.38. The van der Waals surface area contributed by atoms with Crippen LogP contribution in [0.25, 0.3) is 0 Å². The van der Waals surface area contributed by atoms with Crippen molar-refractivity contribution in [2.24, 2.45) is 23.7 Å². The summed E-state index contributed by atoms with van der Waals surface area (Å²) in [5, 5.41) is 0. The minimum Gasteiger partial charge on any atom is -0.213 e. The predicted molar refractivity (Wildman–Crippen MR) is 76.9 cm³/mol. The van der Waals surface area contributed by atoms with Gasteiger partial charge in [-0.1, -0.05) is 34.1 Å². The van der Waals surface area contributed by atoms with Crippen molar-refractivity contribution in [3.8, 4) is 0 Å². The first-order chi connectivity index (χ1) is 8.20. The van der Waals surface area contributed by atoms with Crippen LogP contribution < -0.4 is 4.72 Å². The van der Waals surface area contributed by atoms with Crippen LogP contribution in [-0.2, 0) is 10.0 Å². The summed E-state index contributed by atoms with van der Waals surface area (Å²) in [7, 11) is -3.08. The Balaban J connectivity index is 2.79. The Morgan fingerprint density at radius 1 is 1.00 bits per heavy atom. The summed E-state index contributed by atoms with van der Waals surface area (Å²) in [5.74, 6) is 2.68. The maximum Gasteiger partial charge on any atom is 0.208 e. The molecule has 3 atom stereocenters. The summed E-state index contributed by atoms with van der Waals surface area (Å²) in [5.41, 5.74) is 0. The molecule has 3 unspecified atom stereocenters. The molecule has 1 N–H and O–H groups in total. The highest BCUT2D eigenvalue weighted by Gasteiger charge is 2.32. The van der Waals surface area contributed by atoms with Crippen LogP contribution in [0.15, 0.2) is 0 Å². The summed E-state index contributed by atoms with van der Waals surface area (Å²) in [4.78, 5) is 0. The van der Waals surface area contributed by atoms with Crippen LogP contribution >= 0.6 is 0 Å². The van der Waals surface area contributed by atoms with Gasteiger partial charge >= 0.3 is 0 Å². The van der Waals surface area contributed by atoms with Gasteiger partial charge in [0.05, 0.1) is 6.26 Å². The molecule has 0 aromatic carbocycles. The molecule has 0 spiro atoms. The second-order valence-electron chi connectivity index (χ2n) is 6.57. The van der Waals surface area contributed by atoms with Gasteiger partial charge in [0.15, 0.2) is 0 Å². The first-order valence-electron chi connectivity index (χ1n) is 7.18. The van der Waals surface area contributed by atoms with Gasteiger partial charge in [-0.05, 0) is 42.9 Å². The molecular formula is C14H29NO2S. The van der Waals surface area contributed by atoms with Gasteiger partial charge in [-0.3, -0.25) is 0 Å². The third-order valence-electron chi connectivity index (χ3n) is 4.29. The van der Waals surface area contributed by atoms with Crippen LogP contribution in [-0.4, -0.2) is 20.7 Å². The molecule has 0 aromatic rings. The molecule has 0 bridgehead atoms. The van der Waals surface area contributed by atoms with E-state index in [1.807, 2.05) is 0 Å². The van der Waals surface area contributed by atoms with E-state index >= 15 is 0 Å². The van der Waals surface area contributed by atoms with E-state index in [0.717, 1.165) is 25.2 Å². The highest BCUT2D eigenvalue weighted by Crippen LogP contribution is 2.38. The molecule has 1 aliphatic carbocycles. The number of hydrogen-bond acceptors (Lipinski definition) is 2. The van der Waals surface area contributed by atoms with Gasteiger partial charge in [-0.2, -0.15) is 0 Å². The standard InChI is InChI=1S/C14H29NO2S/c1-10(2)13-8-6-7-12(15-18(5,16)17)9-14(13)11(3)4/h10-15H,6-9H2,1-5H3. The lowest BCUT2D eigenvalue weighted by Crippen LogP contribution is -2.36. The fraction of sp³-hybridized carbons (Fsp3) is 1.00. The van der Waals surface area contributed by atoms with Crippen molar-refractivity contribution in [3.63, 3.8) is 0 Å². The molecule has 108 valence electrons. The number of hydrogen-bond donors (Lipinski definition) is 1. The number of nitrogens with one attached hydrogen (secondary N) is 1. The molecule has 1 saturated carbocycles. The molecule has 0 aliphatic heterocycles. The van der Waals surface area contributed by atoms with Crippen molar-refractivity contribution in [1.29, 1.82) is 0 Å². The van der Waals surface area contributed by atoms with Crippen LogP contribution in [0.3, 0.4) is 0 Å². The molecule has 0 saturated heterocycles. The summed E-state index contributed by atoms with van der Waals surface area (Å²) in [6.07, 6.45) is 5.62. The van der Waals surface area contributed by atoms with Gasteiger partial charge in [-0.25, -0.2) is 13.1 Å². The maximum absolute atomic E-state index is 11.4. The third-order valence-corrected chi connectivity index (χ3v) is 5.05. The lowest BCUT2D eigenvalue weighted by molar-refractivity contribution is 0.179. The predicted octanol–water partition coefficient (Wildman–Crippen LogP) is 3.02. The van der Waals surface area contributed by atoms with Crippen molar-refractivity contribution in [2.45, 2.75) is 59.4 Å². The Labute approximate surface area is 113 Å². The number of sulfonamides is 1. The topological polar surface area (TPSA) is 46.2 Å². The van der Waals surface area contributed by atoms with E-state index in [1.165, 1.54) is 12.7 Å². The molecule has 4 heteroatoms. The van der Waals surface area contributed by atoms with Crippen LogP contribution in [0.4, 0.5) is 0 Å². The maximum atomic E-state index is 11.4. The van der Waals surface area contributed by atoms with Crippen molar-refractivity contribution < 1.29 is 8.42 Å². The molecule has 0 aromatic heterocycles. The average molecular weight is 275 g/mol. The van der Waals surface area contributed by atoms with E-state index < -0.39 is 10.0 Å². The Morgan fingerprint density at radius 3 is 2.00 bits per heavy atom. The zero-order valence-corrected chi connectivity index (χ0v) is 13.3. The normalized spacial score (nSPS) is 30.7. The smallest absolute Gasteiger partial charge is 0.208 e. The summed E-state index contributed by atoms with van der Waals surface area (Å²) in [6, 6.07) is 0.135. The average Bonchev–Trinajstić information content (AvgIpc) is 2.37. The first-order valence-corrected chi connectivity index (χ1v) is 9.07. The molecule has 1 aliphatic rings. The SMILES string of the molecule is CC(C)C1CCCC(NS(C)(=O)=O)CC1C(C)C. The van der Waals surface area contributed by atoms with Crippen molar-refractivity contribution in [1.82, 2.24) is 4.72 Å². The van der Waals surface area contributed by atoms with E-state index in [9.17, 15) is 8.42 Å². The first kappa shape index (κ1) is 16.0. The van der Waals surface area contributed by atoms with Gasteiger partial charge in [0.2, 0.25) is 10.0 Å². The van der Waals surface area contributed by atoms with E-state index in [0.29, 0.717) is 17.8 Å². The monoisotopic (exact) mass is 275 g/mol. The fourth-order valence-electron chi connectivity index (χ4n) is 3.44. The van der Waals surface area contributed by atoms with Gasteiger partial charge < -0.3 is 0 Å². The van der Waals surface area contributed by atoms with E-state index in [4.69, 9.17) is 0 Å². The molecule has 1 fully saturated rings. The summed E-state index contributed by atoms with van der Waals surface area (Å²) < 4.78 is 25.6. The molecule has 0 heterocycles. The van der Waals surface area contributed by atoms with Gasteiger partial charge in [0, 0.05) is 6.04 Å². The van der Waals surface area contributed by atoms with Crippen LogP contribution in [0, 0.1) is 23.7 Å². The van der Waals surface area contributed by atoms with E-state index in [2.05, 4.69) is 32.4 Å². The molecule has 0 radical (unpaired) electrons. The Bertz CT molecular complexity index is 349. The second-order valence-corrected chi connectivity index (χ2v) is 8.35. The van der Waals surface area contributed by atoms with Crippen LogP contribution in [0.1, 0.15) is 53.4 Å².